The molecule has 2 N–H and O–H groups in total. The third-order valence-corrected chi connectivity index (χ3v) is 6.02. The van der Waals surface area contributed by atoms with E-state index >= 15 is 0 Å². The molecule has 0 aromatic heterocycles. The van der Waals surface area contributed by atoms with E-state index in [1.54, 1.807) is 48.5 Å². The van der Waals surface area contributed by atoms with E-state index in [9.17, 15) is 13.2 Å². The summed E-state index contributed by atoms with van der Waals surface area (Å²) in [6, 6.07) is 22.7. The molecule has 0 aliphatic heterocycles. The second-order valence-corrected chi connectivity index (χ2v) is 8.53. The molecular weight excluding hydrogens is 384 g/mol. The third-order valence-electron chi connectivity index (χ3n) is 4.62. The Balaban J connectivity index is 1.76. The fraction of sp³-hybridized carbons (Fsp3) is 0.174. The SMILES string of the molecule is CC[C@@H](NC(=O)c1cccc(NS(=O)(=O)c2ccc(C)cc2)c1)c1ccccc1. The highest BCUT2D eigenvalue weighted by Gasteiger charge is 2.17. The zero-order valence-electron chi connectivity index (χ0n) is 16.4. The first-order valence-electron chi connectivity index (χ1n) is 9.44. The Bertz CT molecular complexity index is 1080. The average Bonchev–Trinajstić information content (AvgIpc) is 2.72. The van der Waals surface area contributed by atoms with Gasteiger partial charge in [-0.25, -0.2) is 8.42 Å². The molecule has 150 valence electrons. The standard InChI is InChI=1S/C23H24N2O3S/c1-3-22(18-8-5-4-6-9-18)24-23(26)19-10-7-11-20(16-19)25-29(27,28)21-14-12-17(2)13-15-21/h4-16,22,25H,3H2,1-2H3,(H,24,26)/t22-/m1/s1. The minimum atomic E-state index is -3.72. The van der Waals surface area contributed by atoms with Crippen LogP contribution in [0.4, 0.5) is 5.69 Å². The van der Waals surface area contributed by atoms with E-state index in [2.05, 4.69) is 10.0 Å². The van der Waals surface area contributed by atoms with Crippen molar-refractivity contribution >= 4 is 21.6 Å². The van der Waals surface area contributed by atoms with Crippen LogP contribution in [0.5, 0.6) is 0 Å². The monoisotopic (exact) mass is 408 g/mol. The summed E-state index contributed by atoms with van der Waals surface area (Å²) in [6.45, 7) is 3.90. The van der Waals surface area contributed by atoms with Gasteiger partial charge in [-0.2, -0.15) is 0 Å². The van der Waals surface area contributed by atoms with Gasteiger partial charge in [0.15, 0.2) is 0 Å². The molecular formula is C23H24N2O3S. The van der Waals surface area contributed by atoms with Crippen molar-refractivity contribution in [3.8, 4) is 0 Å². The number of hydrogen-bond donors (Lipinski definition) is 2. The van der Waals surface area contributed by atoms with Gasteiger partial charge < -0.3 is 5.32 Å². The van der Waals surface area contributed by atoms with Crippen LogP contribution in [0.2, 0.25) is 0 Å². The number of anilines is 1. The Morgan fingerprint density at radius 1 is 0.931 bits per heavy atom. The molecule has 0 saturated carbocycles. The molecule has 0 bridgehead atoms. The van der Waals surface area contributed by atoms with Crippen LogP contribution < -0.4 is 10.0 Å². The maximum Gasteiger partial charge on any atom is 0.261 e. The maximum absolute atomic E-state index is 12.7. The molecule has 5 nitrogen and oxygen atoms in total. The van der Waals surface area contributed by atoms with Crippen molar-refractivity contribution in [3.05, 3.63) is 95.6 Å². The van der Waals surface area contributed by atoms with E-state index in [1.165, 1.54) is 0 Å². The highest BCUT2D eigenvalue weighted by Crippen LogP contribution is 2.20. The van der Waals surface area contributed by atoms with Gasteiger partial charge in [0.05, 0.1) is 10.9 Å². The van der Waals surface area contributed by atoms with Crippen LogP contribution in [0.1, 0.15) is 40.9 Å². The smallest absolute Gasteiger partial charge is 0.261 e. The highest BCUT2D eigenvalue weighted by atomic mass is 32.2. The third kappa shape index (κ3) is 5.23. The van der Waals surface area contributed by atoms with Crippen molar-refractivity contribution in [3.63, 3.8) is 0 Å². The normalized spacial score (nSPS) is 12.2. The lowest BCUT2D eigenvalue weighted by molar-refractivity contribution is 0.0935. The van der Waals surface area contributed by atoms with E-state index in [1.807, 2.05) is 44.2 Å². The van der Waals surface area contributed by atoms with Crippen molar-refractivity contribution in [2.45, 2.75) is 31.2 Å². The van der Waals surface area contributed by atoms with Crippen LogP contribution in [0, 0.1) is 6.92 Å². The van der Waals surface area contributed by atoms with Crippen LogP contribution in [-0.4, -0.2) is 14.3 Å². The minimum Gasteiger partial charge on any atom is -0.345 e. The highest BCUT2D eigenvalue weighted by molar-refractivity contribution is 7.92. The van der Waals surface area contributed by atoms with E-state index in [0.717, 1.165) is 17.5 Å². The van der Waals surface area contributed by atoms with Crippen molar-refractivity contribution in [1.29, 1.82) is 0 Å². The molecule has 29 heavy (non-hydrogen) atoms. The molecule has 0 fully saturated rings. The summed E-state index contributed by atoms with van der Waals surface area (Å²) in [7, 11) is -3.72. The number of aryl methyl sites for hydroxylation is 1. The van der Waals surface area contributed by atoms with Crippen LogP contribution in [0.25, 0.3) is 0 Å². The van der Waals surface area contributed by atoms with Gasteiger partial charge in [-0.15, -0.1) is 0 Å². The lowest BCUT2D eigenvalue weighted by atomic mass is 10.0. The molecule has 0 aliphatic rings. The quantitative estimate of drug-likeness (QED) is 0.596. The van der Waals surface area contributed by atoms with Crippen molar-refractivity contribution in [1.82, 2.24) is 5.32 Å². The van der Waals surface area contributed by atoms with Crippen LogP contribution in [0.15, 0.2) is 83.8 Å². The summed E-state index contributed by atoms with van der Waals surface area (Å²) in [5, 5.41) is 3.01. The summed E-state index contributed by atoms with van der Waals surface area (Å²) < 4.78 is 27.7. The summed E-state index contributed by atoms with van der Waals surface area (Å²) >= 11 is 0. The van der Waals surface area contributed by atoms with Crippen LogP contribution in [-0.2, 0) is 10.0 Å². The number of hydrogen-bond acceptors (Lipinski definition) is 3. The largest absolute Gasteiger partial charge is 0.345 e. The Kier molecular flexibility index (Phi) is 6.34. The lowest BCUT2D eigenvalue weighted by Gasteiger charge is -2.18. The second kappa shape index (κ2) is 8.92. The zero-order valence-corrected chi connectivity index (χ0v) is 17.2. The van der Waals surface area contributed by atoms with Gasteiger partial charge in [-0.1, -0.05) is 61.0 Å². The van der Waals surface area contributed by atoms with Crippen molar-refractivity contribution in [2.24, 2.45) is 0 Å². The van der Waals surface area contributed by atoms with Gasteiger partial charge in [0.2, 0.25) is 0 Å². The van der Waals surface area contributed by atoms with Gasteiger partial charge in [0, 0.05) is 11.3 Å². The summed E-state index contributed by atoms with van der Waals surface area (Å²) in [4.78, 5) is 12.9. The zero-order chi connectivity index (χ0) is 20.9. The summed E-state index contributed by atoms with van der Waals surface area (Å²) in [5.74, 6) is -0.253. The number of rotatable bonds is 7. The number of benzene rings is 3. The first-order chi connectivity index (χ1) is 13.9. The minimum absolute atomic E-state index is 0.114. The molecule has 3 rings (SSSR count). The number of carbonyl (C=O) groups is 1. The topological polar surface area (TPSA) is 75.3 Å². The van der Waals surface area contributed by atoms with E-state index < -0.39 is 10.0 Å². The average molecular weight is 409 g/mol. The second-order valence-electron chi connectivity index (χ2n) is 6.84. The molecule has 0 saturated heterocycles. The maximum atomic E-state index is 12.7. The first kappa shape index (κ1) is 20.6. The molecule has 3 aromatic carbocycles. The number of nitrogens with one attached hydrogen (secondary N) is 2. The Morgan fingerprint density at radius 2 is 1.62 bits per heavy atom. The van der Waals surface area contributed by atoms with Crippen molar-refractivity contribution < 1.29 is 13.2 Å². The number of carbonyl (C=O) groups excluding carboxylic acids is 1. The Labute approximate surface area is 171 Å². The lowest BCUT2D eigenvalue weighted by Crippen LogP contribution is -2.28. The van der Waals surface area contributed by atoms with Gasteiger partial charge >= 0.3 is 0 Å². The molecule has 3 aromatic rings. The van der Waals surface area contributed by atoms with Crippen LogP contribution >= 0.6 is 0 Å². The summed E-state index contributed by atoms with van der Waals surface area (Å²) in [6.07, 6.45) is 0.746. The summed E-state index contributed by atoms with van der Waals surface area (Å²) in [5.41, 5.74) is 2.74. The molecule has 0 radical (unpaired) electrons. The molecule has 0 aliphatic carbocycles. The van der Waals surface area contributed by atoms with Crippen molar-refractivity contribution in [2.75, 3.05) is 4.72 Å². The van der Waals surface area contributed by atoms with Gasteiger partial charge in [0.25, 0.3) is 15.9 Å². The molecule has 1 atom stereocenters. The van der Waals surface area contributed by atoms with Gasteiger partial charge in [-0.05, 0) is 49.2 Å². The molecule has 0 unspecified atom stereocenters. The van der Waals surface area contributed by atoms with E-state index in [0.29, 0.717) is 11.3 Å². The van der Waals surface area contributed by atoms with Gasteiger partial charge in [0.1, 0.15) is 0 Å². The van der Waals surface area contributed by atoms with E-state index in [-0.39, 0.29) is 16.8 Å². The fourth-order valence-electron chi connectivity index (χ4n) is 3.00. The first-order valence-corrected chi connectivity index (χ1v) is 10.9. The number of sulfonamides is 1. The molecule has 0 spiro atoms. The molecule has 1 amide bonds. The Hall–Kier alpha value is -3.12. The predicted molar refractivity (Wildman–Crippen MR) is 115 cm³/mol. The molecule has 0 heterocycles. The predicted octanol–water partition coefficient (Wildman–Crippen LogP) is 4.68. The van der Waals surface area contributed by atoms with E-state index in [4.69, 9.17) is 0 Å². The Morgan fingerprint density at radius 3 is 2.28 bits per heavy atom. The number of amides is 1. The van der Waals surface area contributed by atoms with Crippen LogP contribution in [0.3, 0.4) is 0 Å². The molecule has 6 heteroatoms. The van der Waals surface area contributed by atoms with Gasteiger partial charge in [-0.3, -0.25) is 9.52 Å². The fourth-order valence-corrected chi connectivity index (χ4v) is 4.05.